The van der Waals surface area contributed by atoms with E-state index in [0.29, 0.717) is 31.5 Å². The molecule has 2 heterocycles. The van der Waals surface area contributed by atoms with E-state index in [2.05, 4.69) is 58.7 Å². The number of ether oxygens (including phenoxy) is 1. The van der Waals surface area contributed by atoms with Crippen LogP contribution in [0.5, 0.6) is 0 Å². The van der Waals surface area contributed by atoms with Crippen LogP contribution in [0.15, 0.2) is 30.5 Å². The highest BCUT2D eigenvalue weighted by Gasteiger charge is 2.23. The summed E-state index contributed by atoms with van der Waals surface area (Å²) in [6, 6.07) is 8.49. The van der Waals surface area contributed by atoms with Crippen LogP contribution in [0.4, 0.5) is 22.2 Å². The van der Waals surface area contributed by atoms with Crippen molar-refractivity contribution in [1.29, 1.82) is 0 Å². The van der Waals surface area contributed by atoms with Gasteiger partial charge in [-0.3, -0.25) is 0 Å². The van der Waals surface area contributed by atoms with E-state index in [1.54, 1.807) is 11.1 Å². The minimum absolute atomic E-state index is 0.114. The highest BCUT2D eigenvalue weighted by Crippen LogP contribution is 2.24. The van der Waals surface area contributed by atoms with Crippen LogP contribution in [0.25, 0.3) is 0 Å². The largest absolute Gasteiger partial charge is 0.450 e. The highest BCUT2D eigenvalue weighted by molar-refractivity contribution is 5.67. The molecule has 0 saturated carbocycles. The van der Waals surface area contributed by atoms with Crippen LogP contribution in [0.3, 0.4) is 0 Å². The number of carbonyl (C=O) groups excluding carboxylic acids is 1. The number of rotatable bonds is 5. The Morgan fingerprint density at radius 3 is 2.52 bits per heavy atom. The van der Waals surface area contributed by atoms with Crippen LogP contribution >= 0.6 is 0 Å². The topological polar surface area (TPSA) is 92.3 Å². The Labute approximate surface area is 172 Å². The summed E-state index contributed by atoms with van der Waals surface area (Å²) in [5, 5.41) is 14.7. The first kappa shape index (κ1) is 20.8. The predicted molar refractivity (Wildman–Crippen MR) is 113 cm³/mol. The maximum absolute atomic E-state index is 11.8. The average Bonchev–Trinajstić information content (AvgIpc) is 2.69. The van der Waals surface area contributed by atoms with Crippen molar-refractivity contribution < 1.29 is 9.53 Å². The van der Waals surface area contributed by atoms with Gasteiger partial charge in [0.2, 0.25) is 5.95 Å². The fraction of sp³-hybridized carbons (Fsp3) is 0.524. The number of benzene rings is 1. The zero-order chi connectivity index (χ0) is 20.9. The molecule has 156 valence electrons. The molecule has 0 unspecified atom stereocenters. The van der Waals surface area contributed by atoms with Crippen molar-refractivity contribution in [3.8, 4) is 0 Å². The van der Waals surface area contributed by atoms with Crippen molar-refractivity contribution in [2.45, 2.75) is 52.0 Å². The first-order valence-electron chi connectivity index (χ1n) is 10.1. The SMILES string of the molecule is CCOC(=O)N1CCC(Nc2cnnc(Nc3ccc(C(C)(C)C)cc3)n2)CC1. The summed E-state index contributed by atoms with van der Waals surface area (Å²) in [7, 11) is 0. The molecule has 29 heavy (non-hydrogen) atoms. The van der Waals surface area contributed by atoms with E-state index < -0.39 is 0 Å². The minimum atomic E-state index is -0.237. The molecule has 1 aromatic carbocycles. The number of nitrogens with one attached hydrogen (secondary N) is 2. The smallest absolute Gasteiger partial charge is 0.409 e. The summed E-state index contributed by atoms with van der Waals surface area (Å²) in [6.07, 6.45) is 3.05. The molecule has 1 saturated heterocycles. The highest BCUT2D eigenvalue weighted by atomic mass is 16.6. The van der Waals surface area contributed by atoms with Gasteiger partial charge >= 0.3 is 6.09 Å². The van der Waals surface area contributed by atoms with Crippen LogP contribution in [-0.2, 0) is 10.2 Å². The molecule has 0 radical (unpaired) electrons. The van der Waals surface area contributed by atoms with Crippen LogP contribution in [0.1, 0.15) is 46.1 Å². The molecule has 1 aromatic heterocycles. The molecule has 0 atom stereocenters. The van der Waals surface area contributed by atoms with Gasteiger partial charge in [-0.25, -0.2) is 4.79 Å². The number of piperidine rings is 1. The molecular formula is C21H30N6O2. The number of hydrogen-bond acceptors (Lipinski definition) is 7. The Morgan fingerprint density at radius 1 is 1.21 bits per heavy atom. The molecule has 1 amide bonds. The van der Waals surface area contributed by atoms with Gasteiger partial charge in [0, 0.05) is 24.8 Å². The van der Waals surface area contributed by atoms with Gasteiger partial charge in [0.15, 0.2) is 5.82 Å². The summed E-state index contributed by atoms with van der Waals surface area (Å²) in [5.74, 6) is 1.12. The van der Waals surface area contributed by atoms with Gasteiger partial charge in [-0.05, 0) is 42.9 Å². The number of aromatic nitrogens is 3. The second-order valence-corrected chi connectivity index (χ2v) is 8.22. The van der Waals surface area contributed by atoms with Gasteiger partial charge in [0.1, 0.15) is 0 Å². The fourth-order valence-electron chi connectivity index (χ4n) is 3.24. The summed E-state index contributed by atoms with van der Waals surface area (Å²) in [6.45, 7) is 10.1. The number of anilines is 3. The van der Waals surface area contributed by atoms with Crippen molar-refractivity contribution in [2.24, 2.45) is 0 Å². The standard InChI is InChI=1S/C21H30N6O2/c1-5-29-20(28)27-12-10-17(11-13-27)23-18-14-22-26-19(25-18)24-16-8-6-15(7-9-16)21(2,3)4/h6-9,14,17H,5,10-13H2,1-4H3,(H2,23,24,25,26). The Hall–Kier alpha value is -2.90. The molecule has 1 aliphatic heterocycles. The van der Waals surface area contributed by atoms with Crippen LogP contribution in [0, 0.1) is 0 Å². The molecule has 0 aliphatic carbocycles. The number of carbonyl (C=O) groups is 1. The van der Waals surface area contributed by atoms with E-state index in [1.807, 2.05) is 19.1 Å². The summed E-state index contributed by atoms with van der Waals surface area (Å²) in [4.78, 5) is 18.1. The summed E-state index contributed by atoms with van der Waals surface area (Å²) >= 11 is 0. The van der Waals surface area contributed by atoms with Crippen molar-refractivity contribution >= 4 is 23.5 Å². The molecule has 2 aromatic rings. The minimum Gasteiger partial charge on any atom is -0.450 e. The van der Waals surface area contributed by atoms with Crippen LogP contribution in [0.2, 0.25) is 0 Å². The molecule has 8 heteroatoms. The van der Waals surface area contributed by atoms with Crippen LogP contribution < -0.4 is 10.6 Å². The molecule has 1 fully saturated rings. The average molecular weight is 399 g/mol. The van der Waals surface area contributed by atoms with Gasteiger partial charge in [-0.15, -0.1) is 5.10 Å². The molecular weight excluding hydrogens is 368 g/mol. The van der Waals surface area contributed by atoms with Crippen LogP contribution in [-0.4, -0.2) is 51.9 Å². The van der Waals surface area contributed by atoms with E-state index >= 15 is 0 Å². The van der Waals surface area contributed by atoms with Crippen molar-refractivity contribution in [1.82, 2.24) is 20.1 Å². The Kier molecular flexibility index (Phi) is 6.51. The lowest BCUT2D eigenvalue weighted by Crippen LogP contribution is -2.42. The lowest BCUT2D eigenvalue weighted by Gasteiger charge is -2.31. The monoisotopic (exact) mass is 398 g/mol. The number of likely N-dealkylation sites (tertiary alicyclic amines) is 1. The van der Waals surface area contributed by atoms with Crippen molar-refractivity contribution in [3.05, 3.63) is 36.0 Å². The molecule has 3 rings (SSSR count). The fourth-order valence-corrected chi connectivity index (χ4v) is 3.24. The number of nitrogens with zero attached hydrogens (tertiary/aromatic N) is 4. The summed E-state index contributed by atoms with van der Waals surface area (Å²) in [5.41, 5.74) is 2.30. The zero-order valence-corrected chi connectivity index (χ0v) is 17.6. The Morgan fingerprint density at radius 2 is 1.90 bits per heavy atom. The first-order valence-corrected chi connectivity index (χ1v) is 10.1. The number of amides is 1. The van der Waals surface area contributed by atoms with E-state index in [0.717, 1.165) is 18.5 Å². The number of hydrogen-bond donors (Lipinski definition) is 2. The third-order valence-electron chi connectivity index (χ3n) is 4.94. The van der Waals surface area contributed by atoms with Gasteiger partial charge in [0.05, 0.1) is 12.8 Å². The van der Waals surface area contributed by atoms with E-state index in [-0.39, 0.29) is 17.6 Å². The van der Waals surface area contributed by atoms with Gasteiger partial charge in [-0.1, -0.05) is 32.9 Å². The van der Waals surface area contributed by atoms with Crippen molar-refractivity contribution in [3.63, 3.8) is 0 Å². The quantitative estimate of drug-likeness (QED) is 0.788. The third-order valence-corrected chi connectivity index (χ3v) is 4.94. The van der Waals surface area contributed by atoms with Gasteiger partial charge < -0.3 is 20.3 Å². The summed E-state index contributed by atoms with van der Waals surface area (Å²) < 4.78 is 5.06. The molecule has 2 N–H and O–H groups in total. The Balaban J connectivity index is 1.56. The van der Waals surface area contributed by atoms with Gasteiger partial charge in [0.25, 0.3) is 0 Å². The second-order valence-electron chi connectivity index (χ2n) is 8.22. The van der Waals surface area contributed by atoms with Crippen molar-refractivity contribution in [2.75, 3.05) is 30.3 Å². The lowest BCUT2D eigenvalue weighted by atomic mass is 9.87. The molecule has 8 nitrogen and oxygen atoms in total. The maximum Gasteiger partial charge on any atom is 0.409 e. The lowest BCUT2D eigenvalue weighted by molar-refractivity contribution is 0.0983. The van der Waals surface area contributed by atoms with Gasteiger partial charge in [-0.2, -0.15) is 10.1 Å². The van der Waals surface area contributed by atoms with E-state index in [1.165, 1.54) is 5.56 Å². The normalized spacial score (nSPS) is 15.1. The van der Waals surface area contributed by atoms with E-state index in [4.69, 9.17) is 4.74 Å². The third kappa shape index (κ3) is 5.79. The molecule has 0 bridgehead atoms. The second kappa shape index (κ2) is 9.07. The first-order chi connectivity index (χ1) is 13.8. The molecule has 0 spiro atoms. The maximum atomic E-state index is 11.8. The Bertz CT molecular complexity index is 811. The van der Waals surface area contributed by atoms with E-state index in [9.17, 15) is 4.79 Å². The molecule has 1 aliphatic rings. The predicted octanol–water partition coefficient (Wildman–Crippen LogP) is 3.95. The zero-order valence-electron chi connectivity index (χ0n) is 17.6.